The topological polar surface area (TPSA) is 56.7 Å². The highest BCUT2D eigenvalue weighted by atomic mass is 16.2. The van der Waals surface area contributed by atoms with Crippen LogP contribution in [0.15, 0.2) is 23.2 Å². The average Bonchev–Trinajstić information content (AvgIpc) is 2.40. The first-order chi connectivity index (χ1) is 11.1. The van der Waals surface area contributed by atoms with E-state index in [2.05, 4.69) is 47.7 Å². The molecule has 5 nitrogen and oxygen atoms in total. The number of nitrogens with one attached hydrogen (secondary N) is 2. The fraction of sp³-hybridized carbons (Fsp3) is 0.579. The van der Waals surface area contributed by atoms with Crippen molar-refractivity contribution in [2.24, 2.45) is 4.99 Å². The molecule has 0 spiro atoms. The van der Waals surface area contributed by atoms with Gasteiger partial charge in [-0.3, -0.25) is 9.79 Å². The summed E-state index contributed by atoms with van der Waals surface area (Å²) in [6.07, 6.45) is 0.920. The molecule has 0 aromatic heterocycles. The van der Waals surface area contributed by atoms with E-state index < -0.39 is 0 Å². The lowest BCUT2D eigenvalue weighted by atomic mass is 10.1. The summed E-state index contributed by atoms with van der Waals surface area (Å²) < 4.78 is 0. The van der Waals surface area contributed by atoms with Crippen LogP contribution in [0.3, 0.4) is 0 Å². The Morgan fingerprint density at radius 3 is 2.25 bits per heavy atom. The van der Waals surface area contributed by atoms with Crippen molar-refractivity contribution in [1.29, 1.82) is 0 Å². The van der Waals surface area contributed by atoms with Gasteiger partial charge in [-0.05, 0) is 46.6 Å². The van der Waals surface area contributed by atoms with Crippen LogP contribution in [0.1, 0.15) is 37.5 Å². The Morgan fingerprint density at radius 1 is 1.17 bits per heavy atom. The van der Waals surface area contributed by atoms with Gasteiger partial charge in [0, 0.05) is 26.2 Å². The molecule has 0 saturated heterocycles. The van der Waals surface area contributed by atoms with Crippen molar-refractivity contribution in [3.8, 4) is 0 Å². The summed E-state index contributed by atoms with van der Waals surface area (Å²) in [6, 6.07) is 6.59. The Morgan fingerprint density at radius 2 is 1.75 bits per heavy atom. The summed E-state index contributed by atoms with van der Waals surface area (Å²) in [4.78, 5) is 18.1. The number of carbonyl (C=O) groups excluding carboxylic acids is 1. The van der Waals surface area contributed by atoms with Gasteiger partial charge in [0.1, 0.15) is 0 Å². The lowest BCUT2D eigenvalue weighted by molar-refractivity contribution is -0.122. The van der Waals surface area contributed by atoms with Crippen LogP contribution < -0.4 is 10.6 Å². The van der Waals surface area contributed by atoms with E-state index in [9.17, 15) is 4.79 Å². The summed E-state index contributed by atoms with van der Waals surface area (Å²) >= 11 is 0. The highest BCUT2D eigenvalue weighted by Crippen LogP contribution is 2.09. The molecule has 1 amide bonds. The fourth-order valence-electron chi connectivity index (χ4n) is 2.66. The molecule has 24 heavy (non-hydrogen) atoms. The smallest absolute Gasteiger partial charge is 0.240 e. The van der Waals surface area contributed by atoms with Crippen molar-refractivity contribution in [1.82, 2.24) is 15.5 Å². The summed E-state index contributed by atoms with van der Waals surface area (Å²) in [6.45, 7) is 11.2. The number of aryl methyl sites for hydroxylation is 2. The number of likely N-dealkylation sites (N-methyl/N-ethyl adjacent to an activating group) is 1. The van der Waals surface area contributed by atoms with Gasteiger partial charge in [0.05, 0.1) is 6.54 Å². The maximum atomic E-state index is 12.0. The number of benzene rings is 1. The highest BCUT2D eigenvalue weighted by molar-refractivity contribution is 5.86. The lowest BCUT2D eigenvalue weighted by Gasteiger charge is -2.25. The van der Waals surface area contributed by atoms with Gasteiger partial charge in [-0.25, -0.2) is 0 Å². The van der Waals surface area contributed by atoms with Crippen molar-refractivity contribution in [3.63, 3.8) is 0 Å². The third-order valence-corrected chi connectivity index (χ3v) is 3.45. The van der Waals surface area contributed by atoms with E-state index in [0.717, 1.165) is 18.9 Å². The summed E-state index contributed by atoms with van der Waals surface area (Å²) in [5.74, 6) is 0.714. The molecule has 0 fully saturated rings. The van der Waals surface area contributed by atoms with Crippen molar-refractivity contribution >= 4 is 11.9 Å². The zero-order chi connectivity index (χ0) is 18.3. The molecule has 0 atom stereocenters. The first-order valence-electron chi connectivity index (χ1n) is 8.40. The SMILES string of the molecule is CN=C(NCCc1cc(C)cc(C)c1)N(C)CC(=O)NC(C)(C)C. The molecule has 1 aromatic rings. The van der Waals surface area contributed by atoms with E-state index in [4.69, 9.17) is 0 Å². The Kier molecular flexibility index (Phi) is 7.26. The molecule has 0 aliphatic carbocycles. The zero-order valence-corrected chi connectivity index (χ0v) is 16.2. The van der Waals surface area contributed by atoms with Crippen LogP contribution in [0.5, 0.6) is 0 Å². The van der Waals surface area contributed by atoms with E-state index >= 15 is 0 Å². The number of carbonyl (C=O) groups is 1. The van der Waals surface area contributed by atoms with Crippen LogP contribution in [0, 0.1) is 13.8 Å². The van der Waals surface area contributed by atoms with Crippen LogP contribution in [-0.2, 0) is 11.2 Å². The highest BCUT2D eigenvalue weighted by Gasteiger charge is 2.16. The summed E-state index contributed by atoms with van der Waals surface area (Å²) in [5.41, 5.74) is 3.65. The maximum Gasteiger partial charge on any atom is 0.240 e. The zero-order valence-electron chi connectivity index (χ0n) is 16.2. The van der Waals surface area contributed by atoms with E-state index in [-0.39, 0.29) is 18.0 Å². The van der Waals surface area contributed by atoms with Gasteiger partial charge in [-0.1, -0.05) is 29.3 Å². The van der Waals surface area contributed by atoms with Crippen LogP contribution >= 0.6 is 0 Å². The van der Waals surface area contributed by atoms with Crippen LogP contribution in [-0.4, -0.2) is 49.5 Å². The molecule has 0 bridgehead atoms. The van der Waals surface area contributed by atoms with Crippen LogP contribution in [0.25, 0.3) is 0 Å². The van der Waals surface area contributed by atoms with Crippen LogP contribution in [0.4, 0.5) is 0 Å². The second kappa shape index (κ2) is 8.71. The van der Waals surface area contributed by atoms with Crippen molar-refractivity contribution in [2.45, 2.75) is 46.6 Å². The molecule has 134 valence electrons. The molecule has 2 N–H and O–H groups in total. The van der Waals surface area contributed by atoms with Crippen LogP contribution in [0.2, 0.25) is 0 Å². The number of amides is 1. The Balaban J connectivity index is 2.51. The third kappa shape index (κ3) is 7.49. The minimum absolute atomic E-state index is 0.0118. The number of hydrogen-bond acceptors (Lipinski definition) is 2. The standard InChI is InChI=1S/C19H32N4O/c1-14-10-15(2)12-16(11-14)8-9-21-18(20-6)23(7)13-17(24)22-19(3,4)5/h10-12H,8-9,13H2,1-7H3,(H,20,21)(H,22,24). The summed E-state index contributed by atoms with van der Waals surface area (Å²) in [5, 5.41) is 6.28. The fourth-order valence-corrected chi connectivity index (χ4v) is 2.66. The third-order valence-electron chi connectivity index (χ3n) is 3.45. The van der Waals surface area contributed by atoms with E-state index in [1.54, 1.807) is 7.05 Å². The van der Waals surface area contributed by atoms with Gasteiger partial charge in [0.25, 0.3) is 0 Å². The number of aliphatic imine (C=N–C) groups is 1. The second-order valence-corrected chi connectivity index (χ2v) is 7.37. The minimum Gasteiger partial charge on any atom is -0.356 e. The molecule has 5 heteroatoms. The van der Waals surface area contributed by atoms with Crippen molar-refractivity contribution in [2.75, 3.05) is 27.2 Å². The number of nitrogens with zero attached hydrogens (tertiary/aromatic N) is 2. The summed E-state index contributed by atoms with van der Waals surface area (Å²) in [7, 11) is 3.60. The van der Waals surface area contributed by atoms with Gasteiger partial charge in [-0.15, -0.1) is 0 Å². The largest absolute Gasteiger partial charge is 0.356 e. The van der Waals surface area contributed by atoms with Gasteiger partial charge in [0.2, 0.25) is 5.91 Å². The molecule has 0 aliphatic heterocycles. The molecule has 0 aliphatic rings. The number of rotatable bonds is 5. The Hall–Kier alpha value is -2.04. The Bertz CT molecular complexity index is 567. The average molecular weight is 332 g/mol. The molecular formula is C19H32N4O. The van der Waals surface area contributed by atoms with E-state index in [1.807, 2.05) is 32.7 Å². The molecule has 1 aromatic carbocycles. The monoisotopic (exact) mass is 332 g/mol. The first-order valence-corrected chi connectivity index (χ1v) is 8.40. The van der Waals surface area contributed by atoms with Gasteiger partial charge >= 0.3 is 0 Å². The van der Waals surface area contributed by atoms with E-state index in [0.29, 0.717) is 0 Å². The molecular weight excluding hydrogens is 300 g/mol. The van der Waals surface area contributed by atoms with Gasteiger partial charge in [-0.2, -0.15) is 0 Å². The molecule has 0 heterocycles. The van der Waals surface area contributed by atoms with Crippen molar-refractivity contribution in [3.05, 3.63) is 34.9 Å². The predicted octanol–water partition coefficient (Wildman–Crippen LogP) is 2.27. The van der Waals surface area contributed by atoms with Gasteiger partial charge < -0.3 is 15.5 Å². The maximum absolute atomic E-state index is 12.0. The minimum atomic E-state index is -0.224. The predicted molar refractivity (Wildman–Crippen MR) is 102 cm³/mol. The normalized spacial score (nSPS) is 12.0. The number of guanidine groups is 1. The quantitative estimate of drug-likeness (QED) is 0.642. The first kappa shape index (κ1) is 20.0. The van der Waals surface area contributed by atoms with Gasteiger partial charge in [0.15, 0.2) is 5.96 Å². The Labute approximate surface area is 146 Å². The molecule has 0 saturated carbocycles. The van der Waals surface area contributed by atoms with E-state index in [1.165, 1.54) is 16.7 Å². The second-order valence-electron chi connectivity index (χ2n) is 7.37. The number of hydrogen-bond donors (Lipinski definition) is 2. The molecule has 0 unspecified atom stereocenters. The molecule has 1 rings (SSSR count). The van der Waals surface area contributed by atoms with Crippen molar-refractivity contribution < 1.29 is 4.79 Å². The lowest BCUT2D eigenvalue weighted by Crippen LogP contribution is -2.49. The molecule has 0 radical (unpaired) electrons.